The molecule has 0 aliphatic carbocycles. The predicted octanol–water partition coefficient (Wildman–Crippen LogP) is 1.69. The number of aliphatic carboxylic acids is 1. The van der Waals surface area contributed by atoms with Gasteiger partial charge >= 0.3 is 5.97 Å². The second-order valence-corrected chi connectivity index (χ2v) is 4.97. The zero-order valence-corrected chi connectivity index (χ0v) is 12.1. The molecule has 104 valence electrons. The molecule has 2 rings (SSSR count). The highest BCUT2D eigenvalue weighted by atomic mass is 79.9. The minimum absolute atomic E-state index is 0.0583. The number of benzene rings is 1. The van der Waals surface area contributed by atoms with Crippen molar-refractivity contribution in [3.8, 4) is 0 Å². The summed E-state index contributed by atoms with van der Waals surface area (Å²) < 4.78 is 1.97. The van der Waals surface area contributed by atoms with E-state index < -0.39 is 11.9 Å². The van der Waals surface area contributed by atoms with E-state index in [0.29, 0.717) is 5.69 Å². The summed E-state index contributed by atoms with van der Waals surface area (Å²) in [5, 5.41) is 18.5. The number of amides is 1. The van der Waals surface area contributed by atoms with Gasteiger partial charge < -0.3 is 10.4 Å². The Hall–Kier alpha value is -2.22. The average Bonchev–Trinajstić information content (AvgIpc) is 2.81. The van der Waals surface area contributed by atoms with Crippen molar-refractivity contribution >= 4 is 33.5 Å². The maximum Gasteiger partial charge on any atom is 0.325 e. The number of nitrogens with zero attached hydrogens (tertiary/aromatic N) is 3. The van der Waals surface area contributed by atoms with Crippen molar-refractivity contribution in [3.63, 3.8) is 0 Å². The highest BCUT2D eigenvalue weighted by molar-refractivity contribution is 9.10. The van der Waals surface area contributed by atoms with Crippen LogP contribution in [0.5, 0.6) is 0 Å². The van der Waals surface area contributed by atoms with Crippen LogP contribution in [0, 0.1) is 6.92 Å². The van der Waals surface area contributed by atoms with Gasteiger partial charge in [-0.3, -0.25) is 9.59 Å². The Morgan fingerprint density at radius 2 is 2.20 bits per heavy atom. The standard InChI is InChI=1S/C12H11BrN4O3/c1-7-2-3-8(4-9(7)13)14-12(20)10-5-17(16-15-10)6-11(18)19/h2-5H,6H2,1H3,(H,14,20)(H,18,19). The van der Waals surface area contributed by atoms with Crippen LogP contribution in [-0.4, -0.2) is 32.0 Å². The minimum atomic E-state index is -1.05. The van der Waals surface area contributed by atoms with Crippen molar-refractivity contribution in [2.24, 2.45) is 0 Å². The van der Waals surface area contributed by atoms with E-state index in [2.05, 4.69) is 31.6 Å². The fourth-order valence-electron chi connectivity index (χ4n) is 1.48. The predicted molar refractivity (Wildman–Crippen MR) is 74.5 cm³/mol. The lowest BCUT2D eigenvalue weighted by molar-refractivity contribution is -0.137. The molecule has 1 aromatic carbocycles. The van der Waals surface area contributed by atoms with Gasteiger partial charge in [-0.2, -0.15) is 0 Å². The summed E-state index contributed by atoms with van der Waals surface area (Å²) in [5.74, 6) is -1.50. The number of carboxylic acid groups (broad SMARTS) is 1. The van der Waals surface area contributed by atoms with E-state index in [1.165, 1.54) is 6.20 Å². The number of anilines is 1. The second-order valence-electron chi connectivity index (χ2n) is 4.11. The average molecular weight is 339 g/mol. The SMILES string of the molecule is Cc1ccc(NC(=O)c2cn(CC(=O)O)nn2)cc1Br. The third-order valence-corrected chi connectivity index (χ3v) is 3.35. The molecular formula is C12H11BrN4O3. The highest BCUT2D eigenvalue weighted by Gasteiger charge is 2.12. The summed E-state index contributed by atoms with van der Waals surface area (Å²) >= 11 is 3.37. The van der Waals surface area contributed by atoms with Gasteiger partial charge in [-0.1, -0.05) is 27.2 Å². The summed E-state index contributed by atoms with van der Waals surface area (Å²) in [4.78, 5) is 22.4. The van der Waals surface area contributed by atoms with Gasteiger partial charge in [0.05, 0.1) is 6.20 Å². The van der Waals surface area contributed by atoms with E-state index >= 15 is 0 Å². The summed E-state index contributed by atoms with van der Waals surface area (Å²) in [5.41, 5.74) is 1.72. The molecule has 8 heteroatoms. The molecule has 20 heavy (non-hydrogen) atoms. The Bertz CT molecular complexity index is 668. The minimum Gasteiger partial charge on any atom is -0.480 e. The van der Waals surface area contributed by atoms with Crippen LogP contribution in [0.1, 0.15) is 16.1 Å². The molecule has 1 aromatic heterocycles. The second kappa shape index (κ2) is 5.83. The maximum atomic E-state index is 11.9. The van der Waals surface area contributed by atoms with Gasteiger partial charge in [-0.15, -0.1) is 5.10 Å². The number of carboxylic acids is 1. The van der Waals surface area contributed by atoms with Crippen LogP contribution in [0.25, 0.3) is 0 Å². The normalized spacial score (nSPS) is 10.3. The summed E-state index contributed by atoms with van der Waals surface area (Å²) in [7, 11) is 0. The first kappa shape index (κ1) is 14.2. The molecule has 0 unspecified atom stereocenters. The molecule has 0 aliphatic heterocycles. The monoisotopic (exact) mass is 338 g/mol. The molecule has 2 aromatic rings. The Balaban J connectivity index is 2.09. The van der Waals surface area contributed by atoms with Gasteiger partial charge in [0.1, 0.15) is 6.54 Å². The molecule has 1 amide bonds. The molecule has 0 aliphatic rings. The van der Waals surface area contributed by atoms with Crippen molar-refractivity contribution in [2.75, 3.05) is 5.32 Å². The van der Waals surface area contributed by atoms with Crippen LogP contribution in [-0.2, 0) is 11.3 Å². The summed E-state index contributed by atoms with van der Waals surface area (Å²) in [6.45, 7) is 1.60. The fraction of sp³-hybridized carbons (Fsp3) is 0.167. The van der Waals surface area contributed by atoms with E-state index in [4.69, 9.17) is 5.11 Å². The number of aromatic nitrogens is 3. The first-order chi connectivity index (χ1) is 9.45. The number of aryl methyl sites for hydroxylation is 1. The van der Waals surface area contributed by atoms with E-state index in [-0.39, 0.29) is 12.2 Å². The van der Waals surface area contributed by atoms with Crippen molar-refractivity contribution in [2.45, 2.75) is 13.5 Å². The number of halogens is 1. The van der Waals surface area contributed by atoms with Gasteiger partial charge in [-0.05, 0) is 24.6 Å². The lowest BCUT2D eigenvalue weighted by atomic mass is 10.2. The third-order valence-electron chi connectivity index (χ3n) is 2.50. The number of hydrogen-bond acceptors (Lipinski definition) is 4. The Morgan fingerprint density at radius 3 is 2.85 bits per heavy atom. The van der Waals surface area contributed by atoms with E-state index in [1.54, 1.807) is 12.1 Å². The molecule has 7 nitrogen and oxygen atoms in total. The fourth-order valence-corrected chi connectivity index (χ4v) is 1.86. The largest absolute Gasteiger partial charge is 0.480 e. The lowest BCUT2D eigenvalue weighted by Gasteiger charge is -2.05. The van der Waals surface area contributed by atoms with Crippen LogP contribution in [0.15, 0.2) is 28.9 Å². The Kier molecular flexibility index (Phi) is 4.14. The van der Waals surface area contributed by atoms with Crippen LogP contribution in [0.3, 0.4) is 0 Å². The third kappa shape index (κ3) is 3.41. The summed E-state index contributed by atoms with van der Waals surface area (Å²) in [6, 6.07) is 5.40. The van der Waals surface area contributed by atoms with Crippen molar-refractivity contribution in [1.29, 1.82) is 0 Å². The molecule has 1 heterocycles. The highest BCUT2D eigenvalue weighted by Crippen LogP contribution is 2.20. The zero-order valence-electron chi connectivity index (χ0n) is 10.5. The van der Waals surface area contributed by atoms with Crippen LogP contribution < -0.4 is 5.32 Å². The van der Waals surface area contributed by atoms with Gasteiger partial charge in [-0.25, -0.2) is 4.68 Å². The first-order valence-corrected chi connectivity index (χ1v) is 6.44. The van der Waals surface area contributed by atoms with Crippen LogP contribution in [0.2, 0.25) is 0 Å². The number of hydrogen-bond donors (Lipinski definition) is 2. The van der Waals surface area contributed by atoms with E-state index in [1.807, 2.05) is 13.0 Å². The molecule has 2 N–H and O–H groups in total. The summed E-state index contributed by atoms with van der Waals surface area (Å²) in [6.07, 6.45) is 1.28. The van der Waals surface area contributed by atoms with Gasteiger partial charge in [0.15, 0.2) is 5.69 Å². The number of carbonyl (C=O) groups is 2. The molecular weight excluding hydrogens is 328 g/mol. The molecule has 0 atom stereocenters. The molecule has 0 saturated heterocycles. The molecule has 0 radical (unpaired) electrons. The van der Waals surface area contributed by atoms with Crippen molar-refractivity contribution in [1.82, 2.24) is 15.0 Å². The quantitative estimate of drug-likeness (QED) is 0.883. The van der Waals surface area contributed by atoms with Crippen LogP contribution >= 0.6 is 15.9 Å². The van der Waals surface area contributed by atoms with E-state index in [9.17, 15) is 9.59 Å². The Morgan fingerprint density at radius 1 is 1.45 bits per heavy atom. The van der Waals surface area contributed by atoms with Gasteiger partial charge in [0.2, 0.25) is 0 Å². The first-order valence-electron chi connectivity index (χ1n) is 5.65. The maximum absolute atomic E-state index is 11.9. The lowest BCUT2D eigenvalue weighted by Crippen LogP contribution is -2.12. The van der Waals surface area contributed by atoms with Gasteiger partial charge in [0, 0.05) is 10.2 Å². The van der Waals surface area contributed by atoms with Gasteiger partial charge in [0.25, 0.3) is 5.91 Å². The number of nitrogens with one attached hydrogen (secondary N) is 1. The topological polar surface area (TPSA) is 97.1 Å². The number of rotatable bonds is 4. The zero-order chi connectivity index (χ0) is 14.7. The molecule has 0 fully saturated rings. The number of carbonyl (C=O) groups excluding carboxylic acids is 1. The molecule has 0 spiro atoms. The molecule has 0 saturated carbocycles. The molecule has 0 bridgehead atoms. The van der Waals surface area contributed by atoms with Crippen LogP contribution in [0.4, 0.5) is 5.69 Å². The van der Waals surface area contributed by atoms with Crippen molar-refractivity contribution < 1.29 is 14.7 Å². The smallest absolute Gasteiger partial charge is 0.325 e. The van der Waals surface area contributed by atoms with Crippen molar-refractivity contribution in [3.05, 3.63) is 40.1 Å². The van der Waals surface area contributed by atoms with E-state index in [0.717, 1.165) is 14.7 Å². The Labute approximate surface area is 122 Å².